The fourth-order valence-corrected chi connectivity index (χ4v) is 4.94. The van der Waals surface area contributed by atoms with Gasteiger partial charge in [-0.3, -0.25) is 9.59 Å². The molecule has 0 bridgehead atoms. The number of amides is 2. The minimum atomic E-state index is -3.07. The highest BCUT2D eigenvalue weighted by Gasteiger charge is 2.34. The molecule has 1 unspecified atom stereocenters. The highest BCUT2D eigenvalue weighted by atomic mass is 32.2. The summed E-state index contributed by atoms with van der Waals surface area (Å²) < 4.78 is 23.3. The van der Waals surface area contributed by atoms with Gasteiger partial charge in [-0.25, -0.2) is 8.42 Å². The van der Waals surface area contributed by atoms with E-state index in [0.717, 1.165) is 5.56 Å². The van der Waals surface area contributed by atoms with Crippen molar-refractivity contribution in [3.63, 3.8) is 0 Å². The molecule has 6 nitrogen and oxygen atoms in total. The van der Waals surface area contributed by atoms with Crippen LogP contribution in [-0.2, 0) is 19.4 Å². The number of carbonyl (C=O) groups is 2. The molecule has 2 amide bonds. The van der Waals surface area contributed by atoms with Crippen LogP contribution in [0.3, 0.4) is 0 Å². The number of anilines is 1. The standard InChI is InChI=1S/C18H26N2O4S/c1-4-20(14-9-10-25(23,24)12-14)18(22)11-17(21)19-16-8-6-5-7-15(16)13(2)3/h5-8,13-14H,4,9-12H2,1-3H3,(H,19,21). The van der Waals surface area contributed by atoms with Crippen molar-refractivity contribution >= 4 is 27.3 Å². The molecule has 1 fully saturated rings. The topological polar surface area (TPSA) is 83.6 Å². The molecule has 0 saturated carbocycles. The number of carbonyl (C=O) groups excluding carboxylic acids is 2. The van der Waals surface area contributed by atoms with Gasteiger partial charge < -0.3 is 10.2 Å². The second-order valence-electron chi connectivity index (χ2n) is 6.70. The summed E-state index contributed by atoms with van der Waals surface area (Å²) in [6, 6.07) is 7.20. The first kappa shape index (κ1) is 19.4. The molecule has 2 rings (SSSR count). The van der Waals surface area contributed by atoms with Gasteiger partial charge in [-0.1, -0.05) is 32.0 Å². The van der Waals surface area contributed by atoms with Gasteiger partial charge in [0.25, 0.3) is 0 Å². The molecule has 1 aliphatic rings. The van der Waals surface area contributed by atoms with Crippen LogP contribution in [0.2, 0.25) is 0 Å². The van der Waals surface area contributed by atoms with Crippen molar-refractivity contribution in [3.05, 3.63) is 29.8 Å². The second-order valence-corrected chi connectivity index (χ2v) is 8.93. The van der Waals surface area contributed by atoms with Gasteiger partial charge in [-0.2, -0.15) is 0 Å². The van der Waals surface area contributed by atoms with Gasteiger partial charge >= 0.3 is 0 Å². The lowest BCUT2D eigenvalue weighted by molar-refractivity contribution is -0.135. The van der Waals surface area contributed by atoms with Crippen molar-refractivity contribution in [2.24, 2.45) is 0 Å². The van der Waals surface area contributed by atoms with E-state index in [0.29, 0.717) is 18.7 Å². The number of nitrogens with zero attached hydrogens (tertiary/aromatic N) is 1. The van der Waals surface area contributed by atoms with Crippen LogP contribution in [0.15, 0.2) is 24.3 Å². The average Bonchev–Trinajstić information content (AvgIpc) is 2.88. The molecule has 1 saturated heterocycles. The van der Waals surface area contributed by atoms with Gasteiger partial charge in [0, 0.05) is 18.3 Å². The molecule has 25 heavy (non-hydrogen) atoms. The summed E-state index contributed by atoms with van der Waals surface area (Å²) in [7, 11) is -3.07. The van der Waals surface area contributed by atoms with Crippen LogP contribution in [0.5, 0.6) is 0 Å². The second kappa shape index (κ2) is 7.99. The Hall–Kier alpha value is -1.89. The average molecular weight is 366 g/mol. The van der Waals surface area contributed by atoms with Crippen LogP contribution >= 0.6 is 0 Å². The van der Waals surface area contributed by atoms with E-state index in [1.807, 2.05) is 38.1 Å². The van der Waals surface area contributed by atoms with Crippen molar-refractivity contribution in [1.29, 1.82) is 0 Å². The molecule has 7 heteroatoms. The van der Waals surface area contributed by atoms with E-state index in [4.69, 9.17) is 0 Å². The summed E-state index contributed by atoms with van der Waals surface area (Å²) in [5, 5.41) is 2.80. The Labute approximate surface area is 149 Å². The molecule has 1 heterocycles. The van der Waals surface area contributed by atoms with Crippen molar-refractivity contribution < 1.29 is 18.0 Å². The normalized spacial score (nSPS) is 19.0. The zero-order chi connectivity index (χ0) is 18.6. The molecule has 0 aliphatic carbocycles. The first-order chi connectivity index (χ1) is 11.7. The maximum Gasteiger partial charge on any atom is 0.233 e. The lowest BCUT2D eigenvalue weighted by Crippen LogP contribution is -2.42. The third kappa shape index (κ3) is 5.04. The zero-order valence-electron chi connectivity index (χ0n) is 15.0. The Morgan fingerprint density at radius 3 is 2.52 bits per heavy atom. The van der Waals surface area contributed by atoms with Crippen LogP contribution in [0, 0.1) is 0 Å². The van der Waals surface area contributed by atoms with Crippen LogP contribution < -0.4 is 5.32 Å². The number of nitrogens with one attached hydrogen (secondary N) is 1. The van der Waals surface area contributed by atoms with Crippen LogP contribution in [0.1, 0.15) is 45.1 Å². The number of para-hydroxylation sites is 1. The van der Waals surface area contributed by atoms with Gasteiger partial charge in [0.05, 0.1) is 11.5 Å². The number of hydrogen-bond donors (Lipinski definition) is 1. The predicted octanol–water partition coefficient (Wildman–Crippen LogP) is 2.17. The summed E-state index contributed by atoms with van der Waals surface area (Å²) in [6.07, 6.45) is 0.163. The largest absolute Gasteiger partial charge is 0.338 e. The van der Waals surface area contributed by atoms with Crippen molar-refractivity contribution in [3.8, 4) is 0 Å². The molecular weight excluding hydrogens is 340 g/mol. The fraction of sp³-hybridized carbons (Fsp3) is 0.556. The Morgan fingerprint density at radius 1 is 1.28 bits per heavy atom. The highest BCUT2D eigenvalue weighted by molar-refractivity contribution is 7.91. The van der Waals surface area contributed by atoms with Crippen molar-refractivity contribution in [2.45, 2.75) is 45.6 Å². The number of hydrogen-bond acceptors (Lipinski definition) is 4. The van der Waals surface area contributed by atoms with Crippen LogP contribution in [0.25, 0.3) is 0 Å². The first-order valence-electron chi connectivity index (χ1n) is 8.62. The molecule has 1 atom stereocenters. The summed E-state index contributed by atoms with van der Waals surface area (Å²) >= 11 is 0. The highest BCUT2D eigenvalue weighted by Crippen LogP contribution is 2.24. The predicted molar refractivity (Wildman–Crippen MR) is 98.2 cm³/mol. The fourth-order valence-electron chi connectivity index (χ4n) is 3.21. The summed E-state index contributed by atoms with van der Waals surface area (Å²) in [5.74, 6) is -0.357. The molecule has 1 aliphatic heterocycles. The van der Waals surface area contributed by atoms with Crippen LogP contribution in [-0.4, -0.2) is 49.2 Å². The summed E-state index contributed by atoms with van der Waals surface area (Å²) in [6.45, 7) is 6.27. The zero-order valence-corrected chi connectivity index (χ0v) is 15.8. The number of rotatable bonds is 6. The van der Waals surface area contributed by atoms with E-state index in [9.17, 15) is 18.0 Å². The Bertz CT molecular complexity index is 743. The molecule has 0 spiro atoms. The lowest BCUT2D eigenvalue weighted by atomic mass is 10.0. The van der Waals surface area contributed by atoms with Gasteiger partial charge in [-0.15, -0.1) is 0 Å². The Kier molecular flexibility index (Phi) is 6.21. The maximum atomic E-state index is 12.5. The lowest BCUT2D eigenvalue weighted by Gasteiger charge is -2.26. The van der Waals surface area contributed by atoms with E-state index in [2.05, 4.69) is 5.32 Å². The summed E-state index contributed by atoms with van der Waals surface area (Å²) in [5.41, 5.74) is 1.72. The van der Waals surface area contributed by atoms with Gasteiger partial charge in [0.1, 0.15) is 6.42 Å². The smallest absolute Gasteiger partial charge is 0.233 e. The molecule has 138 valence electrons. The SMILES string of the molecule is CCN(C(=O)CC(=O)Nc1ccccc1C(C)C)C1CCS(=O)(=O)C1. The van der Waals surface area contributed by atoms with Crippen LogP contribution in [0.4, 0.5) is 5.69 Å². The van der Waals surface area contributed by atoms with Gasteiger partial charge in [-0.05, 0) is 30.9 Å². The molecular formula is C18H26N2O4S. The molecule has 1 aromatic rings. The number of sulfone groups is 1. The first-order valence-corrected chi connectivity index (χ1v) is 10.4. The minimum Gasteiger partial charge on any atom is -0.338 e. The van der Waals surface area contributed by atoms with Crippen molar-refractivity contribution in [1.82, 2.24) is 4.90 Å². The summed E-state index contributed by atoms with van der Waals surface area (Å²) in [4.78, 5) is 26.3. The molecule has 1 N–H and O–H groups in total. The van der Waals surface area contributed by atoms with E-state index in [1.165, 1.54) is 4.90 Å². The Balaban J connectivity index is 2.01. The monoisotopic (exact) mass is 366 g/mol. The molecule has 1 aromatic carbocycles. The van der Waals surface area contributed by atoms with E-state index < -0.39 is 9.84 Å². The van der Waals surface area contributed by atoms with Gasteiger partial charge in [0.2, 0.25) is 11.8 Å². The van der Waals surface area contributed by atoms with E-state index in [1.54, 1.807) is 6.92 Å². The minimum absolute atomic E-state index is 0.00954. The Morgan fingerprint density at radius 2 is 1.96 bits per heavy atom. The molecule has 0 aromatic heterocycles. The van der Waals surface area contributed by atoms with Crippen molar-refractivity contribution in [2.75, 3.05) is 23.4 Å². The van der Waals surface area contributed by atoms with E-state index >= 15 is 0 Å². The quantitative estimate of drug-likeness (QED) is 0.782. The molecule has 0 radical (unpaired) electrons. The number of benzene rings is 1. The maximum absolute atomic E-state index is 12.5. The third-order valence-corrected chi connectivity index (χ3v) is 6.23. The third-order valence-electron chi connectivity index (χ3n) is 4.48. The van der Waals surface area contributed by atoms with E-state index in [-0.39, 0.29) is 41.7 Å². The van der Waals surface area contributed by atoms with Gasteiger partial charge in [0.15, 0.2) is 9.84 Å².